The van der Waals surface area contributed by atoms with Gasteiger partial charge in [-0.3, -0.25) is 0 Å². The summed E-state index contributed by atoms with van der Waals surface area (Å²) in [5, 5.41) is 17.2. The number of carboxylic acids is 1. The number of nitrogens with zero attached hydrogens (tertiary/aromatic N) is 2. The van der Waals surface area contributed by atoms with E-state index in [2.05, 4.69) is 10.2 Å². The van der Waals surface area contributed by atoms with Crippen LogP contribution >= 0.6 is 23.1 Å². The number of carbonyl (C=O) groups is 1. The molecule has 0 fully saturated rings. The van der Waals surface area contributed by atoms with Crippen LogP contribution in [0.1, 0.15) is 16.1 Å². The molecule has 0 amide bonds. The summed E-state index contributed by atoms with van der Waals surface area (Å²) in [6, 6.07) is 4.65. The normalized spacial score (nSPS) is 11.1. The van der Waals surface area contributed by atoms with E-state index in [1.165, 1.54) is 35.2 Å². The number of rotatable bonds is 5. The molecule has 0 saturated heterocycles. The van der Waals surface area contributed by atoms with E-state index >= 15 is 0 Å². The molecule has 0 aliphatic rings. The standard InChI is InChI=1S/C13H11FN2O2S2/c1-8-15-16-13(20-8)19-7-10-4-2-9(6-11(10)14)3-5-12(17)18/h2-6H,7H2,1H3,(H,17,18). The van der Waals surface area contributed by atoms with Crippen molar-refractivity contribution in [3.05, 3.63) is 46.2 Å². The molecular weight excluding hydrogens is 299 g/mol. The van der Waals surface area contributed by atoms with E-state index < -0.39 is 5.97 Å². The molecule has 1 heterocycles. The molecule has 0 spiro atoms. The highest BCUT2D eigenvalue weighted by Crippen LogP contribution is 2.27. The van der Waals surface area contributed by atoms with Gasteiger partial charge in [-0.2, -0.15) is 0 Å². The van der Waals surface area contributed by atoms with Crippen LogP contribution in [0.15, 0.2) is 28.6 Å². The Morgan fingerprint density at radius 3 is 2.90 bits per heavy atom. The first kappa shape index (κ1) is 14.7. The van der Waals surface area contributed by atoms with Crippen LogP contribution in [0.3, 0.4) is 0 Å². The van der Waals surface area contributed by atoms with Crippen molar-refractivity contribution < 1.29 is 14.3 Å². The maximum atomic E-state index is 13.9. The first-order chi connectivity index (χ1) is 9.54. The molecule has 0 atom stereocenters. The third-order valence-electron chi connectivity index (χ3n) is 2.35. The van der Waals surface area contributed by atoms with Crippen LogP contribution in [0.25, 0.3) is 6.08 Å². The molecule has 2 aromatic rings. The van der Waals surface area contributed by atoms with Gasteiger partial charge in [-0.15, -0.1) is 10.2 Å². The smallest absolute Gasteiger partial charge is 0.328 e. The summed E-state index contributed by atoms with van der Waals surface area (Å²) in [7, 11) is 0. The lowest BCUT2D eigenvalue weighted by atomic mass is 10.1. The fourth-order valence-corrected chi connectivity index (χ4v) is 3.23. The lowest BCUT2D eigenvalue weighted by Gasteiger charge is -2.02. The van der Waals surface area contributed by atoms with Crippen LogP contribution in [-0.2, 0) is 10.5 Å². The summed E-state index contributed by atoms with van der Waals surface area (Å²) < 4.78 is 14.7. The van der Waals surface area contributed by atoms with Crippen molar-refractivity contribution in [2.75, 3.05) is 0 Å². The van der Waals surface area contributed by atoms with Gasteiger partial charge in [0.05, 0.1) is 0 Å². The van der Waals surface area contributed by atoms with Gasteiger partial charge in [0, 0.05) is 11.8 Å². The summed E-state index contributed by atoms with van der Waals surface area (Å²) in [4.78, 5) is 10.4. The average Bonchev–Trinajstić information content (AvgIpc) is 2.81. The number of hydrogen-bond donors (Lipinski definition) is 1. The number of aryl methyl sites for hydroxylation is 1. The van der Waals surface area contributed by atoms with E-state index in [9.17, 15) is 9.18 Å². The van der Waals surface area contributed by atoms with Gasteiger partial charge in [-0.1, -0.05) is 35.2 Å². The van der Waals surface area contributed by atoms with Crippen molar-refractivity contribution >= 4 is 35.1 Å². The Balaban J connectivity index is 2.04. The zero-order chi connectivity index (χ0) is 14.5. The Bertz CT molecular complexity index is 656. The van der Waals surface area contributed by atoms with Gasteiger partial charge >= 0.3 is 5.97 Å². The summed E-state index contributed by atoms with van der Waals surface area (Å²) >= 11 is 2.89. The molecule has 1 aromatic carbocycles. The molecule has 0 bridgehead atoms. The van der Waals surface area contributed by atoms with Gasteiger partial charge in [-0.25, -0.2) is 9.18 Å². The molecule has 7 heteroatoms. The highest BCUT2D eigenvalue weighted by atomic mass is 32.2. The van der Waals surface area contributed by atoms with Gasteiger partial charge in [0.2, 0.25) is 0 Å². The van der Waals surface area contributed by atoms with Crippen molar-refractivity contribution in [1.29, 1.82) is 0 Å². The second-order valence-electron chi connectivity index (χ2n) is 3.90. The number of carboxylic acid groups (broad SMARTS) is 1. The maximum absolute atomic E-state index is 13.9. The number of aliphatic carboxylic acids is 1. The quantitative estimate of drug-likeness (QED) is 0.677. The van der Waals surface area contributed by atoms with Crippen molar-refractivity contribution in [2.45, 2.75) is 17.0 Å². The lowest BCUT2D eigenvalue weighted by Crippen LogP contribution is -1.90. The van der Waals surface area contributed by atoms with E-state index in [1.807, 2.05) is 6.92 Å². The number of hydrogen-bond acceptors (Lipinski definition) is 5. The zero-order valence-electron chi connectivity index (χ0n) is 10.5. The molecular formula is C13H11FN2O2S2. The van der Waals surface area contributed by atoms with Crippen LogP contribution in [0, 0.1) is 12.7 Å². The second-order valence-corrected chi connectivity index (χ2v) is 6.30. The number of thioether (sulfide) groups is 1. The molecule has 1 N–H and O–H groups in total. The average molecular weight is 310 g/mol. The minimum absolute atomic E-state index is 0.355. The molecule has 0 aliphatic carbocycles. The Kier molecular flexibility index (Phi) is 4.86. The van der Waals surface area contributed by atoms with E-state index in [-0.39, 0.29) is 5.82 Å². The highest BCUT2D eigenvalue weighted by molar-refractivity contribution is 8.00. The van der Waals surface area contributed by atoms with Crippen LogP contribution < -0.4 is 0 Å². The van der Waals surface area contributed by atoms with Crippen LogP contribution in [0.4, 0.5) is 4.39 Å². The second kappa shape index (κ2) is 6.62. The largest absolute Gasteiger partial charge is 0.478 e. The zero-order valence-corrected chi connectivity index (χ0v) is 12.2. The van der Waals surface area contributed by atoms with Gasteiger partial charge in [0.25, 0.3) is 0 Å². The Morgan fingerprint density at radius 1 is 1.50 bits per heavy atom. The Morgan fingerprint density at radius 2 is 2.30 bits per heavy atom. The van der Waals surface area contributed by atoms with Crippen molar-refractivity contribution in [3.8, 4) is 0 Å². The van der Waals surface area contributed by atoms with Crippen LogP contribution in [0.2, 0.25) is 0 Å². The molecule has 0 unspecified atom stereocenters. The van der Waals surface area contributed by atoms with Crippen molar-refractivity contribution in [1.82, 2.24) is 10.2 Å². The van der Waals surface area contributed by atoms with Gasteiger partial charge in [-0.05, 0) is 30.2 Å². The predicted octanol–water partition coefficient (Wildman–Crippen LogP) is 3.38. The highest BCUT2D eigenvalue weighted by Gasteiger charge is 2.06. The summed E-state index contributed by atoms with van der Waals surface area (Å²) in [6.45, 7) is 1.87. The lowest BCUT2D eigenvalue weighted by molar-refractivity contribution is -0.131. The Hall–Kier alpha value is -1.73. The minimum Gasteiger partial charge on any atom is -0.478 e. The molecule has 4 nitrogen and oxygen atoms in total. The Labute approximate surface area is 123 Å². The van der Waals surface area contributed by atoms with Gasteiger partial charge in [0.1, 0.15) is 10.8 Å². The SMILES string of the molecule is Cc1nnc(SCc2ccc(C=CC(=O)O)cc2F)s1. The number of halogens is 1. The molecule has 1 aromatic heterocycles. The fraction of sp³-hybridized carbons (Fsp3) is 0.154. The molecule has 0 radical (unpaired) electrons. The van der Waals surface area contributed by atoms with E-state index in [0.29, 0.717) is 16.9 Å². The van der Waals surface area contributed by atoms with E-state index in [0.717, 1.165) is 15.4 Å². The fourth-order valence-electron chi connectivity index (χ4n) is 1.43. The molecule has 104 valence electrons. The predicted molar refractivity (Wildman–Crippen MR) is 77.3 cm³/mol. The van der Waals surface area contributed by atoms with E-state index in [1.54, 1.807) is 12.1 Å². The van der Waals surface area contributed by atoms with Crippen LogP contribution in [-0.4, -0.2) is 21.3 Å². The van der Waals surface area contributed by atoms with Crippen LogP contribution in [0.5, 0.6) is 0 Å². The van der Waals surface area contributed by atoms with Gasteiger partial charge in [0.15, 0.2) is 4.34 Å². The molecule has 0 saturated carbocycles. The minimum atomic E-state index is -1.06. The first-order valence-electron chi connectivity index (χ1n) is 5.67. The first-order valence-corrected chi connectivity index (χ1v) is 7.47. The summed E-state index contributed by atoms with van der Waals surface area (Å²) in [5.41, 5.74) is 1.07. The van der Waals surface area contributed by atoms with Crippen molar-refractivity contribution in [2.24, 2.45) is 0 Å². The van der Waals surface area contributed by atoms with Crippen molar-refractivity contribution in [3.63, 3.8) is 0 Å². The topological polar surface area (TPSA) is 63.1 Å². The summed E-state index contributed by atoms with van der Waals surface area (Å²) in [6.07, 6.45) is 2.34. The third-order valence-corrected chi connectivity index (χ3v) is 4.37. The summed E-state index contributed by atoms with van der Waals surface area (Å²) in [5.74, 6) is -0.952. The third kappa shape index (κ3) is 4.14. The number of benzene rings is 1. The monoisotopic (exact) mass is 310 g/mol. The maximum Gasteiger partial charge on any atom is 0.328 e. The molecule has 20 heavy (non-hydrogen) atoms. The molecule has 2 rings (SSSR count). The molecule has 0 aliphatic heterocycles. The van der Waals surface area contributed by atoms with E-state index in [4.69, 9.17) is 5.11 Å². The van der Waals surface area contributed by atoms with Gasteiger partial charge < -0.3 is 5.11 Å². The number of aromatic nitrogens is 2.